The maximum absolute atomic E-state index is 13.0. The minimum atomic E-state index is -3.63. The fraction of sp³-hybridized carbons (Fsp3) is 0.500. The van der Waals surface area contributed by atoms with Crippen molar-refractivity contribution in [1.29, 1.82) is 0 Å². The molecule has 1 N–H and O–H groups in total. The lowest BCUT2D eigenvalue weighted by molar-refractivity contribution is 0.329. The van der Waals surface area contributed by atoms with Gasteiger partial charge in [0.1, 0.15) is 5.82 Å². The van der Waals surface area contributed by atoms with Gasteiger partial charge < -0.3 is 4.90 Å². The van der Waals surface area contributed by atoms with Crippen LogP contribution in [0.4, 0.5) is 4.39 Å². The van der Waals surface area contributed by atoms with Crippen LogP contribution in [0.1, 0.15) is 12.8 Å². The zero-order valence-corrected chi connectivity index (χ0v) is 12.1. The van der Waals surface area contributed by atoms with E-state index in [2.05, 4.69) is 9.62 Å². The topological polar surface area (TPSA) is 49.4 Å². The van der Waals surface area contributed by atoms with Gasteiger partial charge in [0, 0.05) is 19.1 Å². The summed E-state index contributed by atoms with van der Waals surface area (Å²) in [5.74, 6) is -0.630. The Morgan fingerprint density at radius 3 is 2.74 bits per heavy atom. The minimum absolute atomic E-state index is 0.0204. The fourth-order valence-corrected chi connectivity index (χ4v) is 3.07. The number of halogens is 2. The van der Waals surface area contributed by atoms with Crippen molar-refractivity contribution >= 4 is 21.6 Å². The van der Waals surface area contributed by atoms with Crippen molar-refractivity contribution in [3.8, 4) is 0 Å². The number of hydrogen-bond acceptors (Lipinski definition) is 3. The average Bonchev–Trinajstić information content (AvgIpc) is 3.16. The molecule has 1 aromatic carbocycles. The van der Waals surface area contributed by atoms with Crippen molar-refractivity contribution in [2.24, 2.45) is 0 Å². The van der Waals surface area contributed by atoms with Gasteiger partial charge in [-0.3, -0.25) is 0 Å². The lowest BCUT2D eigenvalue weighted by atomic mass is 10.3. The molecule has 0 aromatic heterocycles. The van der Waals surface area contributed by atoms with Crippen LogP contribution in [0.3, 0.4) is 0 Å². The Labute approximate surface area is 117 Å². The van der Waals surface area contributed by atoms with Gasteiger partial charge in [0.15, 0.2) is 0 Å². The maximum Gasteiger partial charge on any atom is 0.240 e. The second kappa shape index (κ2) is 5.75. The molecule has 0 radical (unpaired) electrons. The first-order valence-electron chi connectivity index (χ1n) is 6.05. The molecule has 106 valence electrons. The summed E-state index contributed by atoms with van der Waals surface area (Å²) in [6.07, 6.45) is 2.35. The zero-order valence-electron chi connectivity index (χ0n) is 10.6. The predicted octanol–water partition coefficient (Wildman–Crippen LogP) is 1.85. The fourth-order valence-electron chi connectivity index (χ4n) is 1.78. The zero-order chi connectivity index (χ0) is 14.0. The summed E-state index contributed by atoms with van der Waals surface area (Å²) in [4.78, 5) is 2.10. The van der Waals surface area contributed by atoms with E-state index in [4.69, 9.17) is 11.6 Å². The van der Waals surface area contributed by atoms with E-state index in [0.717, 1.165) is 12.1 Å². The highest BCUT2D eigenvalue weighted by Crippen LogP contribution is 2.24. The molecule has 2 rings (SSSR count). The van der Waals surface area contributed by atoms with Gasteiger partial charge in [0.05, 0.1) is 9.92 Å². The minimum Gasteiger partial charge on any atom is -0.302 e. The van der Waals surface area contributed by atoms with Crippen LogP contribution in [0.25, 0.3) is 0 Å². The van der Waals surface area contributed by atoms with E-state index in [1.807, 2.05) is 7.05 Å². The molecule has 4 nitrogen and oxygen atoms in total. The first-order valence-corrected chi connectivity index (χ1v) is 7.91. The quantitative estimate of drug-likeness (QED) is 0.872. The van der Waals surface area contributed by atoms with E-state index in [1.165, 1.54) is 18.9 Å². The Balaban J connectivity index is 1.95. The second-order valence-electron chi connectivity index (χ2n) is 4.69. The normalized spacial score (nSPS) is 16.0. The SMILES string of the molecule is CN(CCNS(=O)(=O)c1ccc(F)c(Cl)c1)C1CC1. The largest absolute Gasteiger partial charge is 0.302 e. The van der Waals surface area contributed by atoms with Gasteiger partial charge in [-0.05, 0) is 38.1 Å². The van der Waals surface area contributed by atoms with Crippen molar-refractivity contribution in [3.63, 3.8) is 0 Å². The van der Waals surface area contributed by atoms with Gasteiger partial charge in [-0.25, -0.2) is 17.5 Å². The smallest absolute Gasteiger partial charge is 0.240 e. The number of nitrogens with one attached hydrogen (secondary N) is 1. The molecule has 7 heteroatoms. The number of likely N-dealkylation sites (N-methyl/N-ethyl adjacent to an activating group) is 1. The number of benzene rings is 1. The Bertz CT molecular complexity index is 561. The molecule has 0 bridgehead atoms. The van der Waals surface area contributed by atoms with E-state index in [0.29, 0.717) is 19.1 Å². The van der Waals surface area contributed by atoms with E-state index >= 15 is 0 Å². The van der Waals surface area contributed by atoms with Crippen LogP contribution in [0.2, 0.25) is 5.02 Å². The highest BCUT2D eigenvalue weighted by Gasteiger charge is 2.26. The van der Waals surface area contributed by atoms with Crippen molar-refractivity contribution in [3.05, 3.63) is 29.0 Å². The molecular weight excluding hydrogens is 291 g/mol. The predicted molar refractivity (Wildman–Crippen MR) is 72.3 cm³/mol. The van der Waals surface area contributed by atoms with Crippen molar-refractivity contribution in [1.82, 2.24) is 9.62 Å². The lowest BCUT2D eigenvalue weighted by Gasteiger charge is -2.15. The molecular formula is C12H16ClFN2O2S. The van der Waals surface area contributed by atoms with Gasteiger partial charge in [-0.15, -0.1) is 0 Å². The lowest BCUT2D eigenvalue weighted by Crippen LogP contribution is -2.34. The monoisotopic (exact) mass is 306 g/mol. The van der Waals surface area contributed by atoms with Gasteiger partial charge >= 0.3 is 0 Å². The molecule has 0 atom stereocenters. The molecule has 0 spiro atoms. The molecule has 0 unspecified atom stereocenters. The molecule has 1 fully saturated rings. The molecule has 1 aliphatic carbocycles. The van der Waals surface area contributed by atoms with Crippen LogP contribution >= 0.6 is 11.6 Å². The molecule has 1 aromatic rings. The van der Waals surface area contributed by atoms with E-state index in [9.17, 15) is 12.8 Å². The third-order valence-electron chi connectivity index (χ3n) is 3.13. The summed E-state index contributed by atoms with van der Waals surface area (Å²) in [7, 11) is -1.66. The Morgan fingerprint density at radius 1 is 1.47 bits per heavy atom. The van der Waals surface area contributed by atoms with Crippen LogP contribution in [-0.2, 0) is 10.0 Å². The van der Waals surface area contributed by atoms with Gasteiger partial charge in [-0.1, -0.05) is 11.6 Å². The number of nitrogens with zero attached hydrogens (tertiary/aromatic N) is 1. The van der Waals surface area contributed by atoms with E-state index in [1.54, 1.807) is 0 Å². The first kappa shape index (κ1) is 14.7. The Kier molecular flexibility index (Phi) is 4.45. The van der Waals surface area contributed by atoms with Crippen LogP contribution < -0.4 is 4.72 Å². The standard InChI is InChI=1S/C12H16ClFN2O2S/c1-16(9-2-3-9)7-6-15-19(17,18)10-4-5-12(14)11(13)8-10/h4-5,8-9,15H,2-3,6-7H2,1H3. The van der Waals surface area contributed by atoms with Crippen LogP contribution in [0, 0.1) is 5.82 Å². The van der Waals surface area contributed by atoms with Crippen LogP contribution in [-0.4, -0.2) is 39.5 Å². The molecule has 1 saturated carbocycles. The number of hydrogen-bond donors (Lipinski definition) is 1. The van der Waals surface area contributed by atoms with Crippen molar-refractivity contribution < 1.29 is 12.8 Å². The van der Waals surface area contributed by atoms with Crippen molar-refractivity contribution in [2.45, 2.75) is 23.8 Å². The van der Waals surface area contributed by atoms with E-state index < -0.39 is 15.8 Å². The molecule has 0 saturated heterocycles. The van der Waals surface area contributed by atoms with Gasteiger partial charge in [0.2, 0.25) is 10.0 Å². The molecule has 0 heterocycles. The maximum atomic E-state index is 13.0. The molecule has 19 heavy (non-hydrogen) atoms. The third-order valence-corrected chi connectivity index (χ3v) is 4.88. The second-order valence-corrected chi connectivity index (χ2v) is 6.86. The summed E-state index contributed by atoms with van der Waals surface area (Å²) in [6.45, 7) is 0.975. The Morgan fingerprint density at radius 2 is 2.16 bits per heavy atom. The number of sulfonamides is 1. The van der Waals surface area contributed by atoms with Gasteiger partial charge in [0.25, 0.3) is 0 Å². The number of rotatable bonds is 6. The third kappa shape index (κ3) is 3.89. The average molecular weight is 307 g/mol. The van der Waals surface area contributed by atoms with Crippen molar-refractivity contribution in [2.75, 3.05) is 20.1 Å². The van der Waals surface area contributed by atoms with Crippen LogP contribution in [0.5, 0.6) is 0 Å². The Hall–Kier alpha value is -0.690. The molecule has 1 aliphatic rings. The van der Waals surface area contributed by atoms with E-state index in [-0.39, 0.29) is 9.92 Å². The van der Waals surface area contributed by atoms with Crippen LogP contribution in [0.15, 0.2) is 23.1 Å². The highest BCUT2D eigenvalue weighted by molar-refractivity contribution is 7.89. The molecule has 0 amide bonds. The summed E-state index contributed by atoms with van der Waals surface area (Å²) in [5, 5.41) is -0.196. The summed E-state index contributed by atoms with van der Waals surface area (Å²) in [6, 6.07) is 3.95. The molecule has 0 aliphatic heterocycles. The first-order chi connectivity index (χ1) is 8.90. The highest BCUT2D eigenvalue weighted by atomic mass is 35.5. The summed E-state index contributed by atoms with van der Waals surface area (Å²) in [5.41, 5.74) is 0. The summed E-state index contributed by atoms with van der Waals surface area (Å²) >= 11 is 5.58. The summed E-state index contributed by atoms with van der Waals surface area (Å²) < 4.78 is 39.4. The van der Waals surface area contributed by atoms with Gasteiger partial charge in [-0.2, -0.15) is 0 Å².